The average molecular weight is 335 g/mol. The second kappa shape index (κ2) is 6.07. The first-order chi connectivity index (χ1) is 9.47. The van der Waals surface area contributed by atoms with E-state index in [0.29, 0.717) is 22.5 Å². The van der Waals surface area contributed by atoms with E-state index in [1.54, 1.807) is 43.3 Å². The van der Waals surface area contributed by atoms with E-state index in [4.69, 9.17) is 5.73 Å². The summed E-state index contributed by atoms with van der Waals surface area (Å²) in [5, 5.41) is 12.5. The van der Waals surface area contributed by atoms with Crippen LogP contribution in [-0.4, -0.2) is 11.0 Å². The zero-order chi connectivity index (χ0) is 14.7. The van der Waals surface area contributed by atoms with Gasteiger partial charge in [0.25, 0.3) is 5.91 Å². The molecule has 2 aromatic carbocycles. The first-order valence-electron chi connectivity index (χ1n) is 6.12. The van der Waals surface area contributed by atoms with E-state index in [-0.39, 0.29) is 5.91 Å². The molecule has 0 radical (unpaired) electrons. The first-order valence-corrected chi connectivity index (χ1v) is 6.91. The molecule has 0 saturated carbocycles. The van der Waals surface area contributed by atoms with Crippen LogP contribution in [0.1, 0.15) is 28.9 Å². The number of amides is 1. The molecule has 1 amide bonds. The third-order valence-electron chi connectivity index (χ3n) is 2.84. The number of carbonyl (C=O) groups is 1. The number of para-hydroxylation sites is 1. The summed E-state index contributed by atoms with van der Waals surface area (Å²) in [4.78, 5) is 12.2. The fraction of sp³-hybridized carbons (Fsp3) is 0.133. The lowest BCUT2D eigenvalue weighted by molar-refractivity contribution is 0.102. The quantitative estimate of drug-likeness (QED) is 0.753. The van der Waals surface area contributed by atoms with Crippen molar-refractivity contribution >= 4 is 33.2 Å². The predicted molar refractivity (Wildman–Crippen MR) is 83.6 cm³/mol. The van der Waals surface area contributed by atoms with Crippen LogP contribution in [-0.2, 0) is 0 Å². The lowest BCUT2D eigenvalue weighted by Gasteiger charge is -2.13. The molecule has 0 heterocycles. The van der Waals surface area contributed by atoms with E-state index < -0.39 is 6.10 Å². The first kappa shape index (κ1) is 14.6. The number of anilines is 2. The van der Waals surface area contributed by atoms with Crippen molar-refractivity contribution in [3.8, 4) is 0 Å². The maximum atomic E-state index is 12.2. The smallest absolute Gasteiger partial charge is 0.255 e. The third kappa shape index (κ3) is 3.37. The molecule has 0 spiro atoms. The summed E-state index contributed by atoms with van der Waals surface area (Å²) >= 11 is 3.30. The van der Waals surface area contributed by atoms with Gasteiger partial charge in [-0.1, -0.05) is 34.1 Å². The molecule has 1 atom stereocenters. The van der Waals surface area contributed by atoms with Gasteiger partial charge < -0.3 is 16.2 Å². The number of carbonyl (C=O) groups excluding carboxylic acids is 1. The number of rotatable bonds is 3. The number of halogens is 1. The van der Waals surface area contributed by atoms with Crippen molar-refractivity contribution < 1.29 is 9.90 Å². The molecular formula is C15H15BrN2O2. The highest BCUT2D eigenvalue weighted by atomic mass is 79.9. The van der Waals surface area contributed by atoms with Gasteiger partial charge in [0.2, 0.25) is 0 Å². The number of benzene rings is 2. The van der Waals surface area contributed by atoms with Crippen LogP contribution in [0, 0.1) is 0 Å². The molecular weight excluding hydrogens is 320 g/mol. The minimum atomic E-state index is -0.654. The van der Waals surface area contributed by atoms with Crippen molar-refractivity contribution in [3.05, 3.63) is 58.1 Å². The molecule has 2 rings (SSSR count). The summed E-state index contributed by atoms with van der Waals surface area (Å²) in [5.74, 6) is -0.272. The molecule has 0 fully saturated rings. The molecule has 4 N–H and O–H groups in total. The number of aliphatic hydroxyl groups is 1. The SMILES string of the molecule is CC(O)c1ccccc1NC(=O)c1cc(N)cc(Br)c1. The summed E-state index contributed by atoms with van der Waals surface area (Å²) in [5.41, 5.74) is 7.94. The summed E-state index contributed by atoms with van der Waals surface area (Å²) in [6, 6.07) is 12.2. The minimum absolute atomic E-state index is 0.272. The molecule has 0 saturated heterocycles. The van der Waals surface area contributed by atoms with Crippen molar-refractivity contribution in [2.45, 2.75) is 13.0 Å². The van der Waals surface area contributed by atoms with Crippen molar-refractivity contribution in [2.24, 2.45) is 0 Å². The molecule has 20 heavy (non-hydrogen) atoms. The van der Waals surface area contributed by atoms with E-state index in [1.165, 1.54) is 0 Å². The lowest BCUT2D eigenvalue weighted by atomic mass is 10.1. The Labute approximate surface area is 125 Å². The van der Waals surface area contributed by atoms with E-state index >= 15 is 0 Å². The van der Waals surface area contributed by atoms with Gasteiger partial charge >= 0.3 is 0 Å². The van der Waals surface area contributed by atoms with Gasteiger partial charge in [0, 0.05) is 27.0 Å². The normalized spacial score (nSPS) is 11.9. The maximum Gasteiger partial charge on any atom is 0.255 e. The summed E-state index contributed by atoms with van der Waals surface area (Å²) in [7, 11) is 0. The molecule has 0 aromatic heterocycles. The fourth-order valence-electron chi connectivity index (χ4n) is 1.91. The second-order valence-electron chi connectivity index (χ2n) is 4.49. The standard InChI is InChI=1S/C15H15BrN2O2/c1-9(19)13-4-2-3-5-14(13)18-15(20)10-6-11(16)8-12(17)7-10/h2-9,19H,17H2,1H3,(H,18,20). The highest BCUT2D eigenvalue weighted by Gasteiger charge is 2.12. The highest BCUT2D eigenvalue weighted by Crippen LogP contribution is 2.24. The third-order valence-corrected chi connectivity index (χ3v) is 3.30. The van der Waals surface area contributed by atoms with Crippen LogP contribution in [0.15, 0.2) is 46.9 Å². The predicted octanol–water partition coefficient (Wildman–Crippen LogP) is 3.34. The molecule has 4 nitrogen and oxygen atoms in total. The van der Waals surface area contributed by atoms with Gasteiger partial charge in [-0.25, -0.2) is 0 Å². The van der Waals surface area contributed by atoms with Crippen LogP contribution < -0.4 is 11.1 Å². The van der Waals surface area contributed by atoms with Gasteiger partial charge in [0.1, 0.15) is 0 Å². The molecule has 0 aliphatic carbocycles. The van der Waals surface area contributed by atoms with Gasteiger partial charge in [0.15, 0.2) is 0 Å². The van der Waals surface area contributed by atoms with Gasteiger partial charge in [-0.05, 0) is 31.2 Å². The highest BCUT2D eigenvalue weighted by molar-refractivity contribution is 9.10. The summed E-state index contributed by atoms with van der Waals surface area (Å²) < 4.78 is 0.742. The van der Waals surface area contributed by atoms with Crippen LogP contribution in [0.4, 0.5) is 11.4 Å². The molecule has 5 heteroatoms. The maximum absolute atomic E-state index is 12.2. The Hall–Kier alpha value is -1.85. The van der Waals surface area contributed by atoms with Crippen LogP contribution in [0.5, 0.6) is 0 Å². The van der Waals surface area contributed by atoms with Gasteiger partial charge in [-0.2, -0.15) is 0 Å². The number of aliphatic hydroxyl groups excluding tert-OH is 1. The van der Waals surface area contributed by atoms with Crippen LogP contribution in [0.2, 0.25) is 0 Å². The van der Waals surface area contributed by atoms with E-state index in [1.807, 2.05) is 6.07 Å². The Morgan fingerprint density at radius 1 is 1.30 bits per heavy atom. The average Bonchev–Trinajstić information content (AvgIpc) is 2.37. The lowest BCUT2D eigenvalue weighted by Crippen LogP contribution is -2.14. The molecule has 0 aliphatic heterocycles. The monoisotopic (exact) mass is 334 g/mol. The van der Waals surface area contributed by atoms with Crippen molar-refractivity contribution in [1.29, 1.82) is 0 Å². The number of nitrogens with two attached hydrogens (primary N) is 1. The fourth-order valence-corrected chi connectivity index (χ4v) is 2.42. The van der Waals surface area contributed by atoms with Crippen LogP contribution in [0.3, 0.4) is 0 Å². The Morgan fingerprint density at radius 2 is 2.00 bits per heavy atom. The van der Waals surface area contributed by atoms with Crippen LogP contribution in [0.25, 0.3) is 0 Å². The topological polar surface area (TPSA) is 75.3 Å². The Balaban J connectivity index is 2.28. The van der Waals surface area contributed by atoms with Crippen molar-refractivity contribution in [2.75, 3.05) is 11.1 Å². The van der Waals surface area contributed by atoms with Crippen LogP contribution >= 0.6 is 15.9 Å². The number of hydrogen-bond donors (Lipinski definition) is 3. The largest absolute Gasteiger partial charge is 0.399 e. The van der Waals surface area contributed by atoms with Gasteiger partial charge in [0.05, 0.1) is 6.10 Å². The number of hydrogen-bond acceptors (Lipinski definition) is 3. The molecule has 0 aliphatic rings. The summed E-state index contributed by atoms with van der Waals surface area (Å²) in [6.45, 7) is 1.65. The van der Waals surface area contributed by atoms with Crippen molar-refractivity contribution in [1.82, 2.24) is 0 Å². The number of nitrogens with one attached hydrogen (secondary N) is 1. The number of nitrogen functional groups attached to an aromatic ring is 1. The summed E-state index contributed by atoms with van der Waals surface area (Å²) in [6.07, 6.45) is -0.654. The molecule has 2 aromatic rings. The van der Waals surface area contributed by atoms with Gasteiger partial charge in [-0.15, -0.1) is 0 Å². The van der Waals surface area contributed by atoms with Crippen molar-refractivity contribution in [3.63, 3.8) is 0 Å². The molecule has 1 unspecified atom stereocenters. The zero-order valence-electron chi connectivity index (χ0n) is 10.9. The molecule has 104 valence electrons. The second-order valence-corrected chi connectivity index (χ2v) is 5.41. The Morgan fingerprint density at radius 3 is 2.65 bits per heavy atom. The zero-order valence-corrected chi connectivity index (χ0v) is 12.5. The van der Waals surface area contributed by atoms with E-state index in [9.17, 15) is 9.90 Å². The Kier molecular flexibility index (Phi) is 4.42. The van der Waals surface area contributed by atoms with Gasteiger partial charge in [-0.3, -0.25) is 4.79 Å². The van der Waals surface area contributed by atoms with E-state index in [0.717, 1.165) is 4.47 Å². The minimum Gasteiger partial charge on any atom is -0.399 e. The van der Waals surface area contributed by atoms with E-state index in [2.05, 4.69) is 21.2 Å². The Bertz CT molecular complexity index is 621. The molecule has 0 bridgehead atoms.